The van der Waals surface area contributed by atoms with E-state index >= 15 is 0 Å². The molecule has 2 aromatic rings. The Bertz CT molecular complexity index is 526. The molecule has 1 aliphatic rings. The maximum absolute atomic E-state index is 5.71. The van der Waals surface area contributed by atoms with Crippen molar-refractivity contribution in [1.29, 1.82) is 0 Å². The lowest BCUT2D eigenvalue weighted by molar-refractivity contribution is 0.513. The van der Waals surface area contributed by atoms with E-state index in [2.05, 4.69) is 55.5 Å². The van der Waals surface area contributed by atoms with E-state index in [1.54, 1.807) is 0 Å². The van der Waals surface area contributed by atoms with Gasteiger partial charge in [-0.15, -0.1) is 0 Å². The Labute approximate surface area is 109 Å². The minimum Gasteiger partial charge on any atom is -0.330 e. The van der Waals surface area contributed by atoms with Crippen LogP contribution in [0.2, 0.25) is 0 Å². The fourth-order valence-corrected chi connectivity index (χ4v) is 3.27. The Morgan fingerprint density at radius 1 is 0.889 bits per heavy atom. The number of fused-ring (bicyclic) bond motifs is 3. The largest absolute Gasteiger partial charge is 0.330 e. The van der Waals surface area contributed by atoms with Gasteiger partial charge in [-0.1, -0.05) is 55.5 Å². The number of benzene rings is 2. The number of hydrogen-bond donors (Lipinski definition) is 1. The van der Waals surface area contributed by atoms with Crippen LogP contribution in [0.4, 0.5) is 0 Å². The predicted octanol–water partition coefficient (Wildman–Crippen LogP) is 3.71. The molecule has 1 heteroatoms. The molecular formula is C17H19N. The Balaban J connectivity index is 2.20. The van der Waals surface area contributed by atoms with Crippen LogP contribution >= 0.6 is 0 Å². The van der Waals surface area contributed by atoms with Crippen molar-refractivity contribution in [3.8, 4) is 11.1 Å². The minimum atomic E-state index is 0.132. The van der Waals surface area contributed by atoms with Crippen LogP contribution in [0.5, 0.6) is 0 Å². The van der Waals surface area contributed by atoms with Gasteiger partial charge in [0, 0.05) is 5.41 Å². The van der Waals surface area contributed by atoms with Crippen LogP contribution in [0, 0.1) is 0 Å². The van der Waals surface area contributed by atoms with Crippen LogP contribution in [0.3, 0.4) is 0 Å². The summed E-state index contributed by atoms with van der Waals surface area (Å²) in [6.07, 6.45) is 2.19. The normalized spacial score (nSPS) is 15.2. The van der Waals surface area contributed by atoms with Crippen molar-refractivity contribution >= 4 is 0 Å². The van der Waals surface area contributed by atoms with Gasteiger partial charge in [0.05, 0.1) is 0 Å². The molecule has 0 bridgehead atoms. The number of nitrogens with two attached hydrogens (primary N) is 1. The number of rotatable bonds is 3. The van der Waals surface area contributed by atoms with Crippen LogP contribution in [0.1, 0.15) is 30.9 Å². The molecular weight excluding hydrogens is 218 g/mol. The predicted molar refractivity (Wildman–Crippen MR) is 76.6 cm³/mol. The van der Waals surface area contributed by atoms with E-state index in [0.29, 0.717) is 0 Å². The van der Waals surface area contributed by atoms with E-state index in [1.807, 2.05) is 0 Å². The van der Waals surface area contributed by atoms with Gasteiger partial charge < -0.3 is 5.73 Å². The van der Waals surface area contributed by atoms with Gasteiger partial charge in [0.15, 0.2) is 0 Å². The summed E-state index contributed by atoms with van der Waals surface area (Å²) >= 11 is 0. The topological polar surface area (TPSA) is 26.0 Å². The summed E-state index contributed by atoms with van der Waals surface area (Å²) in [6.45, 7) is 3.12. The van der Waals surface area contributed by atoms with Crippen LogP contribution < -0.4 is 5.73 Å². The Kier molecular flexibility index (Phi) is 2.71. The molecule has 0 aromatic heterocycles. The molecule has 2 N–H and O–H groups in total. The van der Waals surface area contributed by atoms with Crippen molar-refractivity contribution in [1.82, 2.24) is 0 Å². The highest BCUT2D eigenvalue weighted by Crippen LogP contribution is 2.50. The first-order chi connectivity index (χ1) is 8.77. The zero-order chi connectivity index (χ0) is 12.6. The van der Waals surface area contributed by atoms with E-state index in [9.17, 15) is 0 Å². The van der Waals surface area contributed by atoms with Crippen LogP contribution in [-0.4, -0.2) is 6.54 Å². The molecule has 3 rings (SSSR count). The SMILES string of the molecule is CC1(CCCN)c2ccccc2-c2ccccc21. The van der Waals surface area contributed by atoms with E-state index < -0.39 is 0 Å². The molecule has 0 fully saturated rings. The van der Waals surface area contributed by atoms with E-state index in [0.717, 1.165) is 19.4 Å². The lowest BCUT2D eigenvalue weighted by Gasteiger charge is -2.27. The maximum Gasteiger partial charge on any atom is 0.0187 e. The summed E-state index contributed by atoms with van der Waals surface area (Å²) in [6, 6.07) is 17.6. The zero-order valence-electron chi connectivity index (χ0n) is 10.8. The van der Waals surface area contributed by atoms with Crippen LogP contribution in [0.25, 0.3) is 11.1 Å². The maximum atomic E-state index is 5.71. The third-order valence-corrected chi connectivity index (χ3v) is 4.21. The van der Waals surface area contributed by atoms with Crippen molar-refractivity contribution in [2.75, 3.05) is 6.54 Å². The molecule has 0 atom stereocenters. The summed E-state index contributed by atoms with van der Waals surface area (Å²) < 4.78 is 0. The first-order valence-electron chi connectivity index (χ1n) is 6.67. The van der Waals surface area contributed by atoms with Crippen LogP contribution in [0.15, 0.2) is 48.5 Å². The molecule has 0 amide bonds. The molecule has 0 aliphatic heterocycles. The average molecular weight is 237 g/mol. The fraction of sp³-hybridized carbons (Fsp3) is 0.294. The van der Waals surface area contributed by atoms with Gasteiger partial charge in [-0.2, -0.15) is 0 Å². The average Bonchev–Trinajstić information content (AvgIpc) is 2.69. The van der Waals surface area contributed by atoms with Gasteiger partial charge in [-0.05, 0) is 41.6 Å². The molecule has 1 aliphatic carbocycles. The summed E-state index contributed by atoms with van der Waals surface area (Å²) in [7, 11) is 0. The summed E-state index contributed by atoms with van der Waals surface area (Å²) in [4.78, 5) is 0. The lowest BCUT2D eigenvalue weighted by atomic mass is 9.76. The number of hydrogen-bond acceptors (Lipinski definition) is 1. The van der Waals surface area contributed by atoms with Gasteiger partial charge in [0.25, 0.3) is 0 Å². The molecule has 0 saturated carbocycles. The Hall–Kier alpha value is -1.60. The molecule has 0 radical (unpaired) electrons. The highest BCUT2D eigenvalue weighted by Gasteiger charge is 2.37. The van der Waals surface area contributed by atoms with Gasteiger partial charge in [-0.3, -0.25) is 0 Å². The van der Waals surface area contributed by atoms with Gasteiger partial charge in [0.1, 0.15) is 0 Å². The van der Waals surface area contributed by atoms with Crippen molar-refractivity contribution in [3.05, 3.63) is 59.7 Å². The van der Waals surface area contributed by atoms with Gasteiger partial charge in [0.2, 0.25) is 0 Å². The van der Waals surface area contributed by atoms with E-state index in [1.165, 1.54) is 22.3 Å². The Morgan fingerprint density at radius 3 is 1.89 bits per heavy atom. The second kappa shape index (κ2) is 4.25. The molecule has 92 valence electrons. The lowest BCUT2D eigenvalue weighted by Crippen LogP contribution is -2.21. The Morgan fingerprint density at radius 2 is 1.39 bits per heavy atom. The summed E-state index contributed by atoms with van der Waals surface area (Å²) in [5.41, 5.74) is 11.5. The van der Waals surface area contributed by atoms with Gasteiger partial charge in [-0.25, -0.2) is 0 Å². The molecule has 2 aromatic carbocycles. The zero-order valence-corrected chi connectivity index (χ0v) is 10.8. The molecule has 0 saturated heterocycles. The van der Waals surface area contributed by atoms with Crippen molar-refractivity contribution in [2.45, 2.75) is 25.2 Å². The van der Waals surface area contributed by atoms with Crippen molar-refractivity contribution in [3.63, 3.8) is 0 Å². The smallest absolute Gasteiger partial charge is 0.0187 e. The molecule has 1 nitrogen and oxygen atoms in total. The minimum absolute atomic E-state index is 0.132. The standard InChI is InChI=1S/C17H19N/c1-17(11-6-12-18)15-9-4-2-7-13(15)14-8-3-5-10-16(14)17/h2-5,7-10H,6,11-12,18H2,1H3. The summed E-state index contributed by atoms with van der Waals surface area (Å²) in [5.74, 6) is 0. The van der Waals surface area contributed by atoms with Crippen molar-refractivity contribution in [2.24, 2.45) is 5.73 Å². The van der Waals surface area contributed by atoms with E-state index in [-0.39, 0.29) is 5.41 Å². The highest BCUT2D eigenvalue weighted by atomic mass is 14.5. The third kappa shape index (κ3) is 1.51. The molecule has 18 heavy (non-hydrogen) atoms. The van der Waals surface area contributed by atoms with Gasteiger partial charge >= 0.3 is 0 Å². The molecule has 0 heterocycles. The molecule has 0 unspecified atom stereocenters. The fourth-order valence-electron chi connectivity index (χ4n) is 3.27. The third-order valence-electron chi connectivity index (χ3n) is 4.21. The summed E-state index contributed by atoms with van der Waals surface area (Å²) in [5, 5.41) is 0. The second-order valence-corrected chi connectivity index (χ2v) is 5.32. The van der Waals surface area contributed by atoms with Crippen molar-refractivity contribution < 1.29 is 0 Å². The molecule has 0 spiro atoms. The first-order valence-corrected chi connectivity index (χ1v) is 6.67. The van der Waals surface area contributed by atoms with E-state index in [4.69, 9.17) is 5.73 Å². The first kappa shape index (κ1) is 11.5. The second-order valence-electron chi connectivity index (χ2n) is 5.32. The quantitative estimate of drug-likeness (QED) is 0.865. The highest BCUT2D eigenvalue weighted by molar-refractivity contribution is 5.80. The monoisotopic (exact) mass is 237 g/mol. The van der Waals surface area contributed by atoms with Crippen LogP contribution in [-0.2, 0) is 5.41 Å².